The second-order valence-corrected chi connectivity index (χ2v) is 11.6. The van der Waals surface area contributed by atoms with E-state index in [4.69, 9.17) is 0 Å². The van der Waals surface area contributed by atoms with Gasteiger partial charge in [-0.15, -0.1) is 0 Å². The normalized spacial score (nSPS) is 23.3. The minimum absolute atomic E-state index is 0.0268. The van der Waals surface area contributed by atoms with Crippen LogP contribution in [0.1, 0.15) is 97.9 Å². The van der Waals surface area contributed by atoms with Crippen LogP contribution in [0.15, 0.2) is 65.3 Å². The predicted octanol–water partition coefficient (Wildman–Crippen LogP) is 8.12. The summed E-state index contributed by atoms with van der Waals surface area (Å²) in [7, 11) is 0. The Balaban J connectivity index is 2.67. The van der Waals surface area contributed by atoms with Crippen LogP contribution in [0, 0.1) is 22.7 Å². The zero-order valence-electron chi connectivity index (χ0n) is 23.0. The summed E-state index contributed by atoms with van der Waals surface area (Å²) in [6.07, 6.45) is 8.78. The Morgan fingerprint density at radius 1 is 0.886 bits per heavy atom. The maximum Gasteiger partial charge on any atom is 0.173 e. The lowest BCUT2D eigenvalue weighted by Gasteiger charge is -2.51. The highest BCUT2D eigenvalue weighted by atomic mass is 16.2. The van der Waals surface area contributed by atoms with Crippen LogP contribution in [0.4, 0.5) is 0 Å². The van der Waals surface area contributed by atoms with E-state index in [2.05, 4.69) is 26.0 Å². The molecule has 1 fully saturated rings. The quantitative estimate of drug-likeness (QED) is 0.195. The molecule has 1 aliphatic rings. The monoisotopic (exact) mass is 476 g/mol. The SMILES string of the molecule is CC(C)=CCCC(=O)[C@]1(CC=C(C)C)C[C@H](CC=C(C)C)C(C)(C)[C@H](C(=O)c2ccccc2)C1=O. The molecule has 1 aromatic carbocycles. The van der Waals surface area contributed by atoms with Gasteiger partial charge in [0.15, 0.2) is 11.6 Å². The molecule has 35 heavy (non-hydrogen) atoms. The summed E-state index contributed by atoms with van der Waals surface area (Å²) in [5.41, 5.74) is 2.24. The Labute approximate surface area is 212 Å². The van der Waals surface area contributed by atoms with Crippen molar-refractivity contribution >= 4 is 17.3 Å². The van der Waals surface area contributed by atoms with Gasteiger partial charge in [-0.1, -0.05) is 79.1 Å². The predicted molar refractivity (Wildman–Crippen MR) is 145 cm³/mol. The molecule has 3 heteroatoms. The zero-order valence-corrected chi connectivity index (χ0v) is 23.0. The molecule has 0 amide bonds. The molecule has 1 aromatic rings. The van der Waals surface area contributed by atoms with Crippen molar-refractivity contribution in [1.82, 2.24) is 0 Å². The minimum Gasteiger partial charge on any atom is -0.299 e. The Bertz CT molecular complexity index is 1010. The number of allylic oxidation sites excluding steroid dienone is 6. The number of benzene rings is 1. The van der Waals surface area contributed by atoms with Gasteiger partial charge in [-0.25, -0.2) is 0 Å². The summed E-state index contributed by atoms with van der Waals surface area (Å²) in [6, 6.07) is 9.08. The molecule has 0 radical (unpaired) electrons. The highest BCUT2D eigenvalue weighted by molar-refractivity contribution is 6.19. The first-order chi connectivity index (χ1) is 16.3. The average molecular weight is 477 g/mol. The van der Waals surface area contributed by atoms with Crippen molar-refractivity contribution in [2.75, 3.05) is 0 Å². The topological polar surface area (TPSA) is 51.2 Å². The molecule has 3 nitrogen and oxygen atoms in total. The second-order valence-electron chi connectivity index (χ2n) is 11.6. The van der Waals surface area contributed by atoms with E-state index in [1.165, 1.54) is 5.57 Å². The summed E-state index contributed by atoms with van der Waals surface area (Å²) in [5.74, 6) is -1.20. The third-order valence-electron chi connectivity index (χ3n) is 7.57. The van der Waals surface area contributed by atoms with E-state index in [9.17, 15) is 14.4 Å². The van der Waals surface area contributed by atoms with Gasteiger partial charge in [-0.3, -0.25) is 14.4 Å². The number of hydrogen-bond donors (Lipinski definition) is 0. The fourth-order valence-electron chi connectivity index (χ4n) is 5.28. The van der Waals surface area contributed by atoms with Gasteiger partial charge in [0, 0.05) is 12.0 Å². The zero-order chi connectivity index (χ0) is 26.4. The lowest BCUT2D eigenvalue weighted by Crippen LogP contribution is -2.57. The molecule has 0 heterocycles. The van der Waals surface area contributed by atoms with Gasteiger partial charge in [0.25, 0.3) is 0 Å². The fourth-order valence-corrected chi connectivity index (χ4v) is 5.28. The summed E-state index contributed by atoms with van der Waals surface area (Å²) in [4.78, 5) is 42.2. The molecule has 0 spiro atoms. The Morgan fingerprint density at radius 2 is 1.46 bits per heavy atom. The third-order valence-corrected chi connectivity index (χ3v) is 7.57. The van der Waals surface area contributed by atoms with Crippen LogP contribution in [0.2, 0.25) is 0 Å². The van der Waals surface area contributed by atoms with Crippen LogP contribution in [0.25, 0.3) is 0 Å². The summed E-state index contributed by atoms with van der Waals surface area (Å²) in [5, 5.41) is 0. The highest BCUT2D eigenvalue weighted by Gasteiger charge is 2.60. The molecule has 1 saturated carbocycles. The molecule has 0 saturated heterocycles. The molecule has 0 aliphatic heterocycles. The van der Waals surface area contributed by atoms with Gasteiger partial charge in [-0.2, -0.15) is 0 Å². The highest BCUT2D eigenvalue weighted by Crippen LogP contribution is 2.55. The molecule has 0 unspecified atom stereocenters. The van der Waals surface area contributed by atoms with Gasteiger partial charge >= 0.3 is 0 Å². The van der Waals surface area contributed by atoms with Crippen molar-refractivity contribution in [2.45, 2.75) is 87.5 Å². The van der Waals surface area contributed by atoms with Crippen LogP contribution < -0.4 is 0 Å². The minimum atomic E-state index is -1.17. The van der Waals surface area contributed by atoms with Gasteiger partial charge < -0.3 is 0 Å². The third kappa shape index (κ3) is 6.78. The van der Waals surface area contributed by atoms with E-state index in [0.29, 0.717) is 31.2 Å². The molecule has 1 aliphatic carbocycles. The Morgan fingerprint density at radius 3 is 2.00 bits per heavy atom. The number of rotatable bonds is 10. The van der Waals surface area contributed by atoms with Gasteiger partial charge in [0.2, 0.25) is 0 Å². The molecule has 3 atom stereocenters. The summed E-state index contributed by atoms with van der Waals surface area (Å²) >= 11 is 0. The number of Topliss-reactive ketones (excluding diaryl/α,β-unsaturated/α-hetero) is 3. The number of hydrogen-bond acceptors (Lipinski definition) is 3. The maximum absolute atomic E-state index is 14.4. The molecule has 0 bridgehead atoms. The fraction of sp³-hybridized carbons (Fsp3) is 0.531. The van der Waals surface area contributed by atoms with Crippen molar-refractivity contribution in [3.05, 3.63) is 70.8 Å². The average Bonchev–Trinajstić information content (AvgIpc) is 2.77. The summed E-state index contributed by atoms with van der Waals surface area (Å²) in [6.45, 7) is 16.2. The van der Waals surface area contributed by atoms with E-state index in [0.717, 1.165) is 17.6 Å². The molecular formula is C32H44O3. The second kappa shape index (κ2) is 11.9. The molecule has 190 valence electrons. The molecular weight excluding hydrogens is 432 g/mol. The van der Waals surface area contributed by atoms with Crippen molar-refractivity contribution in [3.8, 4) is 0 Å². The van der Waals surface area contributed by atoms with Crippen molar-refractivity contribution in [2.24, 2.45) is 22.7 Å². The van der Waals surface area contributed by atoms with E-state index >= 15 is 0 Å². The van der Waals surface area contributed by atoms with Crippen molar-refractivity contribution in [1.29, 1.82) is 0 Å². The van der Waals surface area contributed by atoms with E-state index in [-0.39, 0.29) is 23.3 Å². The van der Waals surface area contributed by atoms with E-state index in [1.54, 1.807) is 12.1 Å². The van der Waals surface area contributed by atoms with Crippen LogP contribution in [0.3, 0.4) is 0 Å². The standard InChI is InChI=1S/C32H44O3/c1-22(2)13-12-16-27(33)32(20-19-24(5)6)21-26(18-17-23(3)4)31(7,8)28(30(32)35)29(34)25-14-10-9-11-15-25/h9-11,13-15,17,19,26,28H,12,16,18,20-21H2,1-8H3/t26-,28+,32-/m0/s1. The Kier molecular flexibility index (Phi) is 9.77. The number of carbonyl (C=O) groups excluding carboxylic acids is 3. The Hall–Kier alpha value is -2.55. The van der Waals surface area contributed by atoms with Gasteiger partial charge in [-0.05, 0) is 78.6 Å². The van der Waals surface area contributed by atoms with Crippen LogP contribution in [0.5, 0.6) is 0 Å². The van der Waals surface area contributed by atoms with Gasteiger partial charge in [0.05, 0.1) is 11.3 Å². The van der Waals surface area contributed by atoms with Crippen molar-refractivity contribution < 1.29 is 14.4 Å². The molecule has 2 rings (SSSR count). The van der Waals surface area contributed by atoms with Crippen LogP contribution >= 0.6 is 0 Å². The molecule has 0 aromatic heterocycles. The smallest absolute Gasteiger partial charge is 0.173 e. The van der Waals surface area contributed by atoms with Gasteiger partial charge in [0.1, 0.15) is 5.78 Å². The van der Waals surface area contributed by atoms with E-state index in [1.807, 2.05) is 65.8 Å². The number of ketones is 3. The van der Waals surface area contributed by atoms with Crippen molar-refractivity contribution in [3.63, 3.8) is 0 Å². The maximum atomic E-state index is 14.4. The van der Waals surface area contributed by atoms with Crippen LogP contribution in [-0.4, -0.2) is 17.3 Å². The lowest BCUT2D eigenvalue weighted by molar-refractivity contribution is -0.153. The summed E-state index contributed by atoms with van der Waals surface area (Å²) < 4.78 is 0. The van der Waals surface area contributed by atoms with Crippen LogP contribution in [-0.2, 0) is 9.59 Å². The largest absolute Gasteiger partial charge is 0.299 e. The van der Waals surface area contributed by atoms with E-state index < -0.39 is 16.7 Å². The first-order valence-electron chi connectivity index (χ1n) is 12.9. The lowest BCUT2D eigenvalue weighted by atomic mass is 9.49. The first-order valence-corrected chi connectivity index (χ1v) is 12.9. The first kappa shape index (κ1) is 28.7. The number of carbonyl (C=O) groups is 3. The molecule has 0 N–H and O–H groups in total.